The summed E-state index contributed by atoms with van der Waals surface area (Å²) < 4.78 is 42.8. The smallest absolute Gasteiger partial charge is 0.379 e. The summed E-state index contributed by atoms with van der Waals surface area (Å²) in [6.45, 7) is 5.55. The van der Waals surface area contributed by atoms with Crippen LogP contribution < -0.4 is 5.32 Å². The number of halogens is 3. The highest BCUT2D eigenvalue weighted by Gasteiger charge is 2.42. The van der Waals surface area contributed by atoms with Gasteiger partial charge in [0.15, 0.2) is 11.9 Å². The van der Waals surface area contributed by atoms with E-state index in [2.05, 4.69) is 26.5 Å². The van der Waals surface area contributed by atoms with Gasteiger partial charge in [-0.25, -0.2) is 19.3 Å². The molecule has 1 aliphatic carbocycles. The second-order valence-electron chi connectivity index (χ2n) is 9.46. The molecule has 0 bridgehead atoms. The number of alkyl halides is 3. The fourth-order valence-electron chi connectivity index (χ4n) is 4.45. The van der Waals surface area contributed by atoms with E-state index < -0.39 is 12.3 Å². The van der Waals surface area contributed by atoms with Gasteiger partial charge in [-0.05, 0) is 51.7 Å². The maximum Gasteiger partial charge on any atom is 0.418 e. The maximum atomic E-state index is 13.2. The van der Waals surface area contributed by atoms with Crippen LogP contribution in [0.2, 0.25) is 0 Å². The van der Waals surface area contributed by atoms with E-state index in [1.165, 1.54) is 24.9 Å². The molecule has 0 amide bonds. The van der Waals surface area contributed by atoms with E-state index in [-0.39, 0.29) is 22.8 Å². The summed E-state index contributed by atoms with van der Waals surface area (Å²) in [6, 6.07) is 10.9. The molecule has 1 unspecified atom stereocenters. The highest BCUT2D eigenvalue weighted by atomic mass is 19.4. The summed E-state index contributed by atoms with van der Waals surface area (Å²) in [5.74, 6) is 1.94. The van der Waals surface area contributed by atoms with Crippen molar-refractivity contribution < 1.29 is 18.3 Å². The Bertz CT molecular complexity index is 1530. The molecule has 1 aromatic carbocycles. The minimum Gasteiger partial charge on any atom is -0.379 e. The van der Waals surface area contributed by atoms with E-state index in [4.69, 9.17) is 10.4 Å². The van der Waals surface area contributed by atoms with Crippen molar-refractivity contribution in [1.82, 2.24) is 29.5 Å². The molecule has 9 nitrogen and oxygen atoms in total. The molecule has 2 N–H and O–H groups in total. The van der Waals surface area contributed by atoms with Gasteiger partial charge >= 0.3 is 6.18 Å². The molecule has 1 aliphatic rings. The first-order valence-electron chi connectivity index (χ1n) is 12.0. The van der Waals surface area contributed by atoms with Crippen LogP contribution in [0, 0.1) is 38.0 Å². The van der Waals surface area contributed by atoms with Crippen LogP contribution in [0.3, 0.4) is 0 Å². The lowest BCUT2D eigenvalue weighted by Crippen LogP contribution is -2.21. The SMILES string of the molecule is Cc1nn(-c2cc(Nc3c(C)c(-c4ccc(C#N)cc4)nn3CC3CC3)ncn2)c(C)c1C(O)C(F)(F)F. The average Bonchev–Trinajstić information content (AvgIpc) is 3.59. The van der Waals surface area contributed by atoms with E-state index in [1.807, 2.05) is 23.7 Å². The van der Waals surface area contributed by atoms with Gasteiger partial charge in [0.1, 0.15) is 18.0 Å². The summed E-state index contributed by atoms with van der Waals surface area (Å²) in [4.78, 5) is 8.50. The molecule has 196 valence electrons. The van der Waals surface area contributed by atoms with Crippen molar-refractivity contribution in [3.8, 4) is 23.1 Å². The minimum atomic E-state index is -4.81. The molecule has 38 heavy (non-hydrogen) atoms. The molecule has 1 saturated carbocycles. The molecular formula is C26H25F3N8O. The van der Waals surface area contributed by atoms with Crippen LogP contribution in [0.5, 0.6) is 0 Å². The van der Waals surface area contributed by atoms with E-state index in [0.717, 1.165) is 42.0 Å². The predicted molar refractivity (Wildman–Crippen MR) is 133 cm³/mol. The van der Waals surface area contributed by atoms with Gasteiger partial charge < -0.3 is 10.4 Å². The Labute approximate surface area is 216 Å². The number of aliphatic hydroxyl groups excluding tert-OH is 1. The number of hydrogen-bond acceptors (Lipinski definition) is 7. The van der Waals surface area contributed by atoms with Gasteiger partial charge in [0.05, 0.1) is 23.0 Å². The first-order valence-corrected chi connectivity index (χ1v) is 12.0. The Kier molecular flexibility index (Phi) is 6.40. The Hall–Kier alpha value is -4.24. The van der Waals surface area contributed by atoms with Crippen LogP contribution in [0.1, 0.15) is 47.0 Å². The third-order valence-electron chi connectivity index (χ3n) is 6.65. The number of hydrogen-bond donors (Lipinski definition) is 2. The number of aliphatic hydroxyl groups is 1. The molecule has 0 spiro atoms. The largest absolute Gasteiger partial charge is 0.418 e. The van der Waals surface area contributed by atoms with Crippen molar-refractivity contribution in [2.24, 2.45) is 5.92 Å². The monoisotopic (exact) mass is 522 g/mol. The number of anilines is 2. The number of aromatic nitrogens is 6. The second kappa shape index (κ2) is 9.57. The van der Waals surface area contributed by atoms with Gasteiger partial charge in [-0.15, -0.1) is 0 Å². The van der Waals surface area contributed by atoms with Crippen molar-refractivity contribution in [2.75, 3.05) is 5.32 Å². The van der Waals surface area contributed by atoms with Crippen LogP contribution in [0.4, 0.5) is 24.8 Å². The number of nitriles is 1. The molecule has 1 fully saturated rings. The molecule has 4 aromatic rings. The number of benzene rings is 1. The maximum absolute atomic E-state index is 13.2. The first kappa shape index (κ1) is 25.4. The fourth-order valence-corrected chi connectivity index (χ4v) is 4.45. The third kappa shape index (κ3) is 4.84. The lowest BCUT2D eigenvalue weighted by molar-refractivity contribution is -0.207. The minimum absolute atomic E-state index is 0.0610. The number of nitrogens with zero attached hydrogens (tertiary/aromatic N) is 7. The van der Waals surface area contributed by atoms with Crippen molar-refractivity contribution >= 4 is 11.6 Å². The number of nitrogens with one attached hydrogen (secondary N) is 1. The zero-order chi connectivity index (χ0) is 27.2. The lowest BCUT2D eigenvalue weighted by atomic mass is 10.1. The molecule has 3 aromatic heterocycles. The highest BCUT2D eigenvalue weighted by molar-refractivity contribution is 5.72. The molecule has 1 atom stereocenters. The fraction of sp³-hybridized carbons (Fsp3) is 0.346. The van der Waals surface area contributed by atoms with E-state index in [0.29, 0.717) is 17.3 Å². The van der Waals surface area contributed by atoms with Crippen molar-refractivity contribution in [3.05, 3.63) is 64.7 Å². The molecule has 0 radical (unpaired) electrons. The van der Waals surface area contributed by atoms with Crippen LogP contribution in [0.25, 0.3) is 17.1 Å². The van der Waals surface area contributed by atoms with Crippen molar-refractivity contribution in [3.63, 3.8) is 0 Å². The van der Waals surface area contributed by atoms with E-state index in [9.17, 15) is 18.3 Å². The number of rotatable bonds is 7. The Morgan fingerprint density at radius 2 is 1.84 bits per heavy atom. The molecule has 0 aliphatic heterocycles. The summed E-state index contributed by atoms with van der Waals surface area (Å²) in [5.41, 5.74) is 3.00. The van der Waals surface area contributed by atoms with Crippen molar-refractivity contribution in [1.29, 1.82) is 5.26 Å². The van der Waals surface area contributed by atoms with Gasteiger partial charge in [-0.1, -0.05) is 12.1 Å². The van der Waals surface area contributed by atoms with Crippen molar-refractivity contribution in [2.45, 2.75) is 52.4 Å². The van der Waals surface area contributed by atoms with Gasteiger partial charge in [-0.2, -0.15) is 28.6 Å². The van der Waals surface area contributed by atoms with E-state index >= 15 is 0 Å². The summed E-state index contributed by atoms with van der Waals surface area (Å²) in [7, 11) is 0. The summed E-state index contributed by atoms with van der Waals surface area (Å²) >= 11 is 0. The Morgan fingerprint density at radius 3 is 2.47 bits per heavy atom. The highest BCUT2D eigenvalue weighted by Crippen LogP contribution is 2.37. The van der Waals surface area contributed by atoms with Crippen LogP contribution in [0.15, 0.2) is 36.7 Å². The standard InChI is InChI=1S/C26H25F3N8O/c1-14-23(19-8-6-17(11-30)7-9-19)35-36(12-18-4-5-18)25(14)33-20-10-21(32-13-31-20)37-16(3)22(15(2)34-37)24(38)26(27,28)29/h6-10,13,18,24,38H,4-5,12H2,1-3H3,(H,31,32,33). The topological polar surface area (TPSA) is 117 Å². The quantitative estimate of drug-likeness (QED) is 0.348. The predicted octanol–water partition coefficient (Wildman–Crippen LogP) is 5.07. The first-order chi connectivity index (χ1) is 18.1. The molecule has 12 heteroatoms. The zero-order valence-electron chi connectivity index (χ0n) is 21.0. The summed E-state index contributed by atoms with van der Waals surface area (Å²) in [5, 5.41) is 31.3. The summed E-state index contributed by atoms with van der Waals surface area (Å²) in [6.07, 6.45) is -3.90. The van der Waals surface area contributed by atoms with E-state index in [1.54, 1.807) is 18.2 Å². The van der Waals surface area contributed by atoms with Crippen LogP contribution in [-0.2, 0) is 6.54 Å². The molecule has 0 saturated heterocycles. The van der Waals surface area contributed by atoms with Gasteiger partial charge in [0, 0.05) is 35.0 Å². The second-order valence-corrected chi connectivity index (χ2v) is 9.46. The average molecular weight is 523 g/mol. The molecule has 5 rings (SSSR count). The number of aryl methyl sites for hydroxylation is 1. The lowest BCUT2D eigenvalue weighted by Gasteiger charge is -2.15. The van der Waals surface area contributed by atoms with Crippen LogP contribution in [-0.4, -0.2) is 40.8 Å². The normalized spacial score (nSPS) is 14.4. The molecular weight excluding hydrogens is 497 g/mol. The zero-order valence-corrected chi connectivity index (χ0v) is 21.0. The van der Waals surface area contributed by atoms with Crippen LogP contribution >= 0.6 is 0 Å². The Morgan fingerprint density at radius 1 is 1.13 bits per heavy atom. The molecule has 3 heterocycles. The van der Waals surface area contributed by atoms with Gasteiger partial charge in [-0.3, -0.25) is 0 Å². The van der Waals surface area contributed by atoms with Gasteiger partial charge in [0.2, 0.25) is 0 Å². The van der Waals surface area contributed by atoms with Gasteiger partial charge in [0.25, 0.3) is 0 Å². The third-order valence-corrected chi connectivity index (χ3v) is 6.65. The Balaban J connectivity index is 1.50.